The number of aromatic amines is 1. The number of hydrogen-bond donors (Lipinski definition) is 1. The van der Waals surface area contributed by atoms with Gasteiger partial charge < -0.3 is 9.72 Å². The minimum atomic E-state index is -0.279. The average molecular weight is 312 g/mol. The summed E-state index contributed by atoms with van der Waals surface area (Å²) < 4.78 is 4.97. The standard InChI is InChI=1S/C17H16N2O2S/c1-2-21-16(20)13-9-7-12(8-10-13)11-22-17-18-14-5-3-4-6-15(14)19-17/h3-10H,2,11H2,1H3,(H,18,19). The second-order valence-electron chi connectivity index (χ2n) is 4.77. The lowest BCUT2D eigenvalue weighted by atomic mass is 10.1. The van der Waals surface area contributed by atoms with Crippen molar-refractivity contribution in [2.24, 2.45) is 0 Å². The number of ether oxygens (including phenoxy) is 1. The number of nitrogens with zero attached hydrogens (tertiary/aromatic N) is 1. The van der Waals surface area contributed by atoms with Crippen molar-refractivity contribution in [3.05, 3.63) is 59.7 Å². The Morgan fingerprint density at radius 3 is 2.68 bits per heavy atom. The predicted octanol–water partition coefficient (Wildman–Crippen LogP) is 4.03. The SMILES string of the molecule is CCOC(=O)c1ccc(CSc2nc3ccccc3[nH]2)cc1. The van der Waals surface area contributed by atoms with E-state index in [1.54, 1.807) is 30.8 Å². The molecule has 1 aromatic heterocycles. The van der Waals surface area contributed by atoms with Crippen LogP contribution in [0.5, 0.6) is 0 Å². The number of esters is 1. The number of carbonyl (C=O) groups is 1. The summed E-state index contributed by atoms with van der Waals surface area (Å²) >= 11 is 1.64. The van der Waals surface area contributed by atoms with Crippen molar-refractivity contribution in [2.45, 2.75) is 17.8 Å². The molecule has 0 radical (unpaired) electrons. The van der Waals surface area contributed by atoms with Crippen LogP contribution in [0.2, 0.25) is 0 Å². The first-order chi connectivity index (χ1) is 10.8. The first-order valence-electron chi connectivity index (χ1n) is 7.10. The lowest BCUT2D eigenvalue weighted by molar-refractivity contribution is 0.0526. The molecule has 22 heavy (non-hydrogen) atoms. The highest BCUT2D eigenvalue weighted by Gasteiger charge is 2.07. The number of carbonyl (C=O) groups excluding carboxylic acids is 1. The predicted molar refractivity (Wildman–Crippen MR) is 88.1 cm³/mol. The van der Waals surface area contributed by atoms with Gasteiger partial charge in [-0.25, -0.2) is 9.78 Å². The van der Waals surface area contributed by atoms with E-state index in [4.69, 9.17) is 4.74 Å². The molecule has 5 heteroatoms. The lowest BCUT2D eigenvalue weighted by Crippen LogP contribution is -2.04. The molecule has 4 nitrogen and oxygen atoms in total. The molecule has 2 aromatic carbocycles. The molecule has 0 saturated heterocycles. The molecule has 3 aromatic rings. The number of nitrogens with one attached hydrogen (secondary N) is 1. The van der Waals surface area contributed by atoms with Gasteiger partial charge in [0.15, 0.2) is 5.16 Å². The number of rotatable bonds is 5. The fraction of sp³-hybridized carbons (Fsp3) is 0.176. The van der Waals surface area contributed by atoms with Gasteiger partial charge in [0.25, 0.3) is 0 Å². The van der Waals surface area contributed by atoms with Gasteiger partial charge in [0, 0.05) is 5.75 Å². The number of fused-ring (bicyclic) bond motifs is 1. The van der Waals surface area contributed by atoms with Crippen LogP contribution in [-0.2, 0) is 10.5 Å². The molecule has 112 valence electrons. The second kappa shape index (κ2) is 6.66. The van der Waals surface area contributed by atoms with Crippen LogP contribution in [0.15, 0.2) is 53.7 Å². The van der Waals surface area contributed by atoms with Gasteiger partial charge in [-0.2, -0.15) is 0 Å². The Morgan fingerprint density at radius 2 is 1.95 bits per heavy atom. The molecule has 0 atom stereocenters. The van der Waals surface area contributed by atoms with Crippen LogP contribution in [0.25, 0.3) is 11.0 Å². The van der Waals surface area contributed by atoms with Gasteiger partial charge >= 0.3 is 5.97 Å². The number of aromatic nitrogens is 2. The van der Waals surface area contributed by atoms with E-state index in [2.05, 4.69) is 9.97 Å². The molecular weight excluding hydrogens is 296 g/mol. The topological polar surface area (TPSA) is 55.0 Å². The van der Waals surface area contributed by atoms with Gasteiger partial charge in [-0.1, -0.05) is 36.0 Å². The molecule has 0 aliphatic carbocycles. The lowest BCUT2D eigenvalue weighted by Gasteiger charge is -2.03. The van der Waals surface area contributed by atoms with E-state index in [1.165, 1.54) is 0 Å². The number of para-hydroxylation sites is 2. The Bertz CT molecular complexity index is 748. The zero-order valence-corrected chi connectivity index (χ0v) is 13.0. The van der Waals surface area contributed by atoms with Crippen LogP contribution in [0, 0.1) is 0 Å². The Kier molecular flexibility index (Phi) is 4.44. The van der Waals surface area contributed by atoms with E-state index in [1.807, 2.05) is 36.4 Å². The Balaban J connectivity index is 1.64. The van der Waals surface area contributed by atoms with Gasteiger partial charge in [0.1, 0.15) is 0 Å². The third-order valence-corrected chi connectivity index (χ3v) is 4.15. The van der Waals surface area contributed by atoms with Crippen LogP contribution in [-0.4, -0.2) is 22.5 Å². The van der Waals surface area contributed by atoms with E-state index in [-0.39, 0.29) is 5.97 Å². The van der Waals surface area contributed by atoms with Crippen LogP contribution in [0.4, 0.5) is 0 Å². The van der Waals surface area contributed by atoms with E-state index in [9.17, 15) is 4.79 Å². The van der Waals surface area contributed by atoms with Crippen molar-refractivity contribution in [3.8, 4) is 0 Å². The molecule has 0 bridgehead atoms. The van der Waals surface area contributed by atoms with Crippen LogP contribution >= 0.6 is 11.8 Å². The number of hydrogen-bond acceptors (Lipinski definition) is 4. The first kappa shape index (κ1) is 14.7. The molecule has 1 heterocycles. The van der Waals surface area contributed by atoms with Crippen LogP contribution in [0.1, 0.15) is 22.8 Å². The normalized spacial score (nSPS) is 10.8. The first-order valence-corrected chi connectivity index (χ1v) is 8.08. The highest BCUT2D eigenvalue weighted by molar-refractivity contribution is 7.98. The zero-order valence-electron chi connectivity index (χ0n) is 12.2. The Morgan fingerprint density at radius 1 is 1.18 bits per heavy atom. The van der Waals surface area contributed by atoms with Crippen LogP contribution in [0.3, 0.4) is 0 Å². The van der Waals surface area contributed by atoms with Crippen molar-refractivity contribution in [3.63, 3.8) is 0 Å². The van der Waals surface area contributed by atoms with Gasteiger partial charge in [0.05, 0.1) is 23.2 Å². The van der Waals surface area contributed by atoms with Crippen molar-refractivity contribution in [1.82, 2.24) is 9.97 Å². The number of H-pyrrole nitrogens is 1. The molecular formula is C17H16N2O2S. The third kappa shape index (κ3) is 3.31. The fourth-order valence-corrected chi connectivity index (χ4v) is 2.94. The summed E-state index contributed by atoms with van der Waals surface area (Å²) in [4.78, 5) is 19.4. The molecule has 0 aliphatic rings. The zero-order chi connectivity index (χ0) is 15.4. The monoisotopic (exact) mass is 312 g/mol. The van der Waals surface area contributed by atoms with Crippen LogP contribution < -0.4 is 0 Å². The maximum Gasteiger partial charge on any atom is 0.338 e. The molecule has 1 N–H and O–H groups in total. The molecule has 0 fully saturated rings. The third-order valence-electron chi connectivity index (χ3n) is 3.21. The highest BCUT2D eigenvalue weighted by Crippen LogP contribution is 2.23. The average Bonchev–Trinajstić information content (AvgIpc) is 2.96. The summed E-state index contributed by atoms with van der Waals surface area (Å²) in [6.07, 6.45) is 0. The van der Waals surface area contributed by atoms with Crippen molar-refractivity contribution in [1.29, 1.82) is 0 Å². The minimum absolute atomic E-state index is 0.279. The molecule has 0 unspecified atom stereocenters. The van der Waals surface area contributed by atoms with Gasteiger partial charge in [-0.3, -0.25) is 0 Å². The molecule has 3 rings (SSSR count). The fourth-order valence-electron chi connectivity index (χ4n) is 2.10. The van der Waals surface area contributed by atoms with E-state index < -0.39 is 0 Å². The van der Waals surface area contributed by atoms with E-state index >= 15 is 0 Å². The van der Waals surface area contributed by atoms with Gasteiger partial charge in [-0.05, 0) is 36.8 Å². The molecule has 0 amide bonds. The maximum atomic E-state index is 11.6. The van der Waals surface area contributed by atoms with Crippen molar-refractivity contribution >= 4 is 28.8 Å². The summed E-state index contributed by atoms with van der Waals surface area (Å²) in [7, 11) is 0. The summed E-state index contributed by atoms with van der Waals surface area (Å²) in [6, 6.07) is 15.5. The maximum absolute atomic E-state index is 11.6. The molecule has 0 aliphatic heterocycles. The number of benzene rings is 2. The summed E-state index contributed by atoms with van der Waals surface area (Å²) in [6.45, 7) is 2.19. The quantitative estimate of drug-likeness (QED) is 0.571. The smallest absolute Gasteiger partial charge is 0.338 e. The second-order valence-corrected chi connectivity index (χ2v) is 5.73. The number of imidazole rings is 1. The summed E-state index contributed by atoms with van der Waals surface area (Å²) in [5.74, 6) is 0.516. The van der Waals surface area contributed by atoms with Crippen molar-refractivity contribution in [2.75, 3.05) is 6.61 Å². The highest BCUT2D eigenvalue weighted by atomic mass is 32.2. The van der Waals surface area contributed by atoms with Gasteiger partial charge in [0.2, 0.25) is 0 Å². The molecule has 0 saturated carbocycles. The molecule has 0 spiro atoms. The van der Waals surface area contributed by atoms with E-state index in [0.717, 1.165) is 27.5 Å². The van der Waals surface area contributed by atoms with E-state index in [0.29, 0.717) is 12.2 Å². The number of thioether (sulfide) groups is 1. The minimum Gasteiger partial charge on any atom is -0.462 e. The Hall–Kier alpha value is -2.27. The summed E-state index contributed by atoms with van der Waals surface area (Å²) in [5, 5.41) is 0.899. The largest absolute Gasteiger partial charge is 0.462 e. The van der Waals surface area contributed by atoms with Crippen molar-refractivity contribution < 1.29 is 9.53 Å². The van der Waals surface area contributed by atoms with Gasteiger partial charge in [-0.15, -0.1) is 0 Å². The summed E-state index contributed by atoms with van der Waals surface area (Å²) in [5.41, 5.74) is 3.74. The Labute approximate surface area is 132 Å².